The van der Waals surface area contributed by atoms with E-state index in [0.717, 1.165) is 11.9 Å². The number of hydrogen-bond acceptors (Lipinski definition) is 1. The Hall–Kier alpha value is -0.400. The molecule has 0 bridgehead atoms. The van der Waals surface area contributed by atoms with Gasteiger partial charge in [-0.3, -0.25) is 0 Å². The average Bonchev–Trinajstić information content (AvgIpc) is 2.06. The summed E-state index contributed by atoms with van der Waals surface area (Å²) in [5.74, 6) is 0. The van der Waals surface area contributed by atoms with Gasteiger partial charge < -0.3 is 17.0 Å². The number of hydrogen-bond donors (Lipinski definition) is 0. The van der Waals surface area contributed by atoms with Crippen molar-refractivity contribution in [1.29, 1.82) is 5.26 Å². The van der Waals surface area contributed by atoms with Crippen LogP contribution in [0.1, 0.15) is 5.56 Å². The summed E-state index contributed by atoms with van der Waals surface area (Å²) in [5.41, 5.74) is 0.702. The van der Waals surface area contributed by atoms with E-state index in [1.807, 2.05) is 23.0 Å². The number of rotatable bonds is 2. The van der Waals surface area contributed by atoms with Gasteiger partial charge in [0, 0.05) is 6.07 Å². The minimum Gasteiger partial charge on any atom is -1.00 e. The largest absolute Gasteiger partial charge is 1.00 e. The quantitative estimate of drug-likeness (QED) is 0.469. The van der Waals surface area contributed by atoms with Crippen LogP contribution in [0.2, 0.25) is 0 Å². The van der Waals surface area contributed by atoms with Gasteiger partial charge in [-0.05, 0) is 6.07 Å². The van der Waals surface area contributed by atoms with Gasteiger partial charge in [-0.25, -0.2) is 4.57 Å². The lowest BCUT2D eigenvalue weighted by molar-refractivity contribution is -0.692. The van der Waals surface area contributed by atoms with Crippen molar-refractivity contribution in [2.75, 3.05) is 5.33 Å². The van der Waals surface area contributed by atoms with E-state index in [9.17, 15) is 0 Å². The smallest absolute Gasteiger partial charge is 0.186 e. The summed E-state index contributed by atoms with van der Waals surface area (Å²) in [6, 6.07) is 5.76. The zero-order chi connectivity index (χ0) is 8.10. The van der Waals surface area contributed by atoms with E-state index in [2.05, 4.69) is 22.0 Å². The van der Waals surface area contributed by atoms with Gasteiger partial charge in [0.2, 0.25) is 0 Å². The maximum absolute atomic E-state index is 8.56. The van der Waals surface area contributed by atoms with Crippen LogP contribution in [-0.2, 0) is 6.54 Å². The van der Waals surface area contributed by atoms with Crippen LogP contribution in [0.5, 0.6) is 0 Å². The highest BCUT2D eigenvalue weighted by atomic mass is 79.9. The van der Waals surface area contributed by atoms with Crippen molar-refractivity contribution in [3.05, 3.63) is 30.1 Å². The Labute approximate surface area is 90.7 Å². The second-order valence-electron chi connectivity index (χ2n) is 2.13. The van der Waals surface area contributed by atoms with Gasteiger partial charge in [-0.1, -0.05) is 15.9 Å². The van der Waals surface area contributed by atoms with E-state index < -0.39 is 0 Å². The number of alkyl halides is 1. The molecule has 0 unspecified atom stereocenters. The molecule has 0 aliphatic rings. The first kappa shape index (κ1) is 11.6. The molecule has 1 rings (SSSR count). The van der Waals surface area contributed by atoms with Crippen LogP contribution in [0.3, 0.4) is 0 Å². The zero-order valence-corrected chi connectivity index (χ0v) is 9.55. The van der Waals surface area contributed by atoms with Crippen molar-refractivity contribution in [3.63, 3.8) is 0 Å². The Balaban J connectivity index is 0.00000121. The fraction of sp³-hybridized carbons (Fsp3) is 0.250. The molecule has 2 nitrogen and oxygen atoms in total. The monoisotopic (exact) mass is 290 g/mol. The molecule has 0 fully saturated rings. The molecule has 1 aromatic heterocycles. The van der Waals surface area contributed by atoms with Crippen LogP contribution in [0, 0.1) is 11.3 Å². The van der Waals surface area contributed by atoms with Crippen molar-refractivity contribution in [1.82, 2.24) is 0 Å². The maximum Gasteiger partial charge on any atom is 0.186 e. The molecule has 0 spiro atoms. The number of halogens is 2. The maximum atomic E-state index is 8.56. The highest BCUT2D eigenvalue weighted by Crippen LogP contribution is 1.90. The van der Waals surface area contributed by atoms with Crippen LogP contribution in [0.25, 0.3) is 0 Å². The van der Waals surface area contributed by atoms with Gasteiger partial charge in [0.25, 0.3) is 0 Å². The summed E-state index contributed by atoms with van der Waals surface area (Å²) >= 11 is 3.33. The van der Waals surface area contributed by atoms with Gasteiger partial charge >= 0.3 is 0 Å². The first-order chi connectivity index (χ1) is 5.36. The van der Waals surface area contributed by atoms with Crippen LogP contribution < -0.4 is 21.5 Å². The average molecular weight is 292 g/mol. The Morgan fingerprint density at radius 3 is 2.92 bits per heavy atom. The first-order valence-corrected chi connectivity index (χ1v) is 4.44. The summed E-state index contributed by atoms with van der Waals surface area (Å²) < 4.78 is 1.98. The molecular weight excluding hydrogens is 284 g/mol. The van der Waals surface area contributed by atoms with Crippen LogP contribution in [0.15, 0.2) is 24.5 Å². The number of aryl methyl sites for hydroxylation is 1. The molecule has 0 atom stereocenters. The van der Waals surface area contributed by atoms with E-state index in [-0.39, 0.29) is 17.0 Å². The van der Waals surface area contributed by atoms with Gasteiger partial charge in [0.1, 0.15) is 11.6 Å². The lowest BCUT2D eigenvalue weighted by Gasteiger charge is -1.90. The second-order valence-corrected chi connectivity index (χ2v) is 2.92. The van der Waals surface area contributed by atoms with Crippen LogP contribution in [0.4, 0.5) is 0 Å². The molecule has 0 saturated heterocycles. The molecule has 0 aromatic carbocycles. The summed E-state index contributed by atoms with van der Waals surface area (Å²) in [5, 5.41) is 9.46. The summed E-state index contributed by atoms with van der Waals surface area (Å²) in [4.78, 5) is 0. The molecule has 0 aliphatic heterocycles. The number of aromatic nitrogens is 1. The SMILES string of the molecule is N#Cc1ccc[n+](CCBr)c1.[Br-]. The molecule has 4 heteroatoms. The molecule has 0 amide bonds. The highest BCUT2D eigenvalue weighted by molar-refractivity contribution is 9.09. The van der Waals surface area contributed by atoms with Crippen molar-refractivity contribution < 1.29 is 21.5 Å². The number of nitrogens with zero attached hydrogens (tertiary/aromatic N) is 2. The molecular formula is C8H8Br2N2. The molecule has 64 valence electrons. The fourth-order valence-corrected chi connectivity index (χ4v) is 1.23. The summed E-state index contributed by atoms with van der Waals surface area (Å²) in [6.45, 7) is 0.898. The number of nitriles is 1. The molecule has 0 aliphatic carbocycles. The second kappa shape index (κ2) is 6.15. The topological polar surface area (TPSA) is 27.7 Å². The zero-order valence-electron chi connectivity index (χ0n) is 6.37. The minimum atomic E-state index is 0. The van der Waals surface area contributed by atoms with Gasteiger partial charge in [-0.2, -0.15) is 5.26 Å². The number of pyridine rings is 1. The molecule has 0 saturated carbocycles. The van der Waals surface area contributed by atoms with Crippen LogP contribution >= 0.6 is 15.9 Å². The fourth-order valence-electron chi connectivity index (χ4n) is 0.825. The van der Waals surface area contributed by atoms with Crippen molar-refractivity contribution >= 4 is 15.9 Å². The lowest BCUT2D eigenvalue weighted by atomic mass is 10.3. The van der Waals surface area contributed by atoms with Crippen molar-refractivity contribution in [2.24, 2.45) is 0 Å². The van der Waals surface area contributed by atoms with Crippen molar-refractivity contribution in [3.8, 4) is 6.07 Å². The lowest BCUT2D eigenvalue weighted by Crippen LogP contribution is -3.00. The van der Waals surface area contributed by atoms with E-state index in [1.54, 1.807) is 6.07 Å². The van der Waals surface area contributed by atoms with E-state index in [4.69, 9.17) is 5.26 Å². The van der Waals surface area contributed by atoms with Crippen molar-refractivity contribution in [2.45, 2.75) is 6.54 Å². The minimum absolute atomic E-state index is 0. The molecule has 0 radical (unpaired) electrons. The third-order valence-electron chi connectivity index (χ3n) is 1.33. The van der Waals surface area contributed by atoms with Crippen LogP contribution in [-0.4, -0.2) is 5.33 Å². The standard InChI is InChI=1S/C8H8BrN2.BrH/c9-3-5-11-4-1-2-8(6-10)7-11;/h1-2,4,7H,3,5H2;1H/q+1;/p-1. The highest BCUT2D eigenvalue weighted by Gasteiger charge is 1.99. The predicted octanol–water partition coefficient (Wildman–Crippen LogP) is -1.76. The van der Waals surface area contributed by atoms with Gasteiger partial charge in [0.15, 0.2) is 18.9 Å². The Bertz CT molecular complexity index is 281. The third-order valence-corrected chi connectivity index (χ3v) is 1.68. The van der Waals surface area contributed by atoms with E-state index >= 15 is 0 Å². The predicted molar refractivity (Wildman–Crippen MR) is 45.1 cm³/mol. The third kappa shape index (κ3) is 3.33. The summed E-state index contributed by atoms with van der Waals surface area (Å²) in [6.07, 6.45) is 3.78. The Kier molecular flexibility index (Phi) is 5.95. The van der Waals surface area contributed by atoms with E-state index in [1.165, 1.54) is 0 Å². The Morgan fingerprint density at radius 2 is 2.33 bits per heavy atom. The van der Waals surface area contributed by atoms with E-state index in [0.29, 0.717) is 5.56 Å². The van der Waals surface area contributed by atoms with Gasteiger partial charge in [0.05, 0.1) is 5.33 Å². The molecule has 12 heavy (non-hydrogen) atoms. The normalized spacial score (nSPS) is 8.33. The van der Waals surface area contributed by atoms with Gasteiger partial charge in [-0.15, -0.1) is 0 Å². The molecule has 1 aromatic rings. The molecule has 1 heterocycles. The first-order valence-electron chi connectivity index (χ1n) is 3.32. The molecule has 0 N–H and O–H groups in total. The Morgan fingerprint density at radius 1 is 1.58 bits per heavy atom. The summed E-state index contributed by atoms with van der Waals surface area (Å²) in [7, 11) is 0.